The summed E-state index contributed by atoms with van der Waals surface area (Å²) in [5.74, 6) is 1.05. The Hall–Kier alpha value is -1.74. The fraction of sp³-hybridized carbons (Fsp3) is 0.625. The zero-order valence-corrected chi connectivity index (χ0v) is 16.0. The zero-order chi connectivity index (χ0) is 17.6. The number of amides is 1. The monoisotopic (exact) mass is 407 g/mol. The molecule has 1 atom stereocenters. The van der Waals surface area contributed by atoms with E-state index in [0.29, 0.717) is 6.04 Å². The van der Waals surface area contributed by atoms with Crippen LogP contribution in [0.4, 0.5) is 5.82 Å². The maximum absolute atomic E-state index is 12.3. The zero-order valence-electron chi connectivity index (χ0n) is 14.4. The first-order chi connectivity index (χ1) is 12.0. The second-order valence-electron chi connectivity index (χ2n) is 6.79. The van der Waals surface area contributed by atoms with Crippen LogP contribution in [-0.2, 0) is 11.8 Å². The molecule has 2 aliphatic rings. The van der Waals surface area contributed by atoms with E-state index in [4.69, 9.17) is 0 Å². The molecule has 1 aliphatic heterocycles. The smallest absolute Gasteiger partial charge is 0.237 e. The largest absolute Gasteiger partial charge is 0.353 e. The molecule has 134 valence electrons. The van der Waals surface area contributed by atoms with Crippen molar-refractivity contribution in [2.45, 2.75) is 31.8 Å². The number of halogens is 1. The lowest BCUT2D eigenvalue weighted by Crippen LogP contribution is -2.54. The maximum atomic E-state index is 12.3. The van der Waals surface area contributed by atoms with Gasteiger partial charge in [0.2, 0.25) is 5.91 Å². The minimum atomic E-state index is -0.0849. The predicted molar refractivity (Wildman–Crippen MR) is 98.4 cm³/mol. The third-order valence-corrected chi connectivity index (χ3v) is 5.58. The predicted octanol–water partition coefficient (Wildman–Crippen LogP) is 0.915. The molecule has 2 aromatic rings. The first kappa shape index (κ1) is 16.7. The fourth-order valence-electron chi connectivity index (χ4n) is 3.30. The van der Waals surface area contributed by atoms with Crippen molar-refractivity contribution in [3.8, 4) is 0 Å². The van der Waals surface area contributed by atoms with Gasteiger partial charge in [0, 0.05) is 39.3 Å². The Morgan fingerprint density at radius 1 is 1.28 bits per heavy atom. The number of anilines is 1. The van der Waals surface area contributed by atoms with Crippen LogP contribution in [0.5, 0.6) is 0 Å². The minimum absolute atomic E-state index is 0.0849. The summed E-state index contributed by atoms with van der Waals surface area (Å²) in [5, 5.41) is 8.43. The molecule has 2 fully saturated rings. The van der Waals surface area contributed by atoms with Gasteiger partial charge in [-0.2, -0.15) is 5.10 Å². The Bertz CT molecular complexity index is 795. The van der Waals surface area contributed by atoms with Gasteiger partial charge < -0.3 is 10.2 Å². The molecule has 0 aromatic carbocycles. The van der Waals surface area contributed by atoms with Crippen LogP contribution in [0.1, 0.15) is 19.8 Å². The maximum Gasteiger partial charge on any atom is 0.237 e. The highest BCUT2D eigenvalue weighted by atomic mass is 79.9. The molecule has 1 N–H and O–H groups in total. The van der Waals surface area contributed by atoms with Crippen LogP contribution < -0.4 is 10.2 Å². The van der Waals surface area contributed by atoms with E-state index in [-0.39, 0.29) is 11.9 Å². The topological polar surface area (TPSA) is 79.2 Å². The van der Waals surface area contributed by atoms with Crippen molar-refractivity contribution in [3.05, 3.63) is 10.9 Å². The van der Waals surface area contributed by atoms with E-state index in [9.17, 15) is 4.79 Å². The van der Waals surface area contributed by atoms with E-state index >= 15 is 0 Å². The van der Waals surface area contributed by atoms with Crippen LogP contribution in [-0.4, -0.2) is 68.8 Å². The number of carbonyl (C=O) groups excluding carboxylic acids is 1. The van der Waals surface area contributed by atoms with E-state index in [0.717, 1.165) is 60.5 Å². The summed E-state index contributed by atoms with van der Waals surface area (Å²) in [6.07, 6.45) is 3.83. The van der Waals surface area contributed by atoms with Crippen LogP contribution in [0.3, 0.4) is 0 Å². The number of nitrogens with one attached hydrogen (secondary N) is 1. The molecule has 0 radical (unpaired) electrons. The molecular formula is C16H22BrN7O. The number of aromatic nitrogens is 4. The molecule has 1 saturated heterocycles. The van der Waals surface area contributed by atoms with Gasteiger partial charge in [-0.3, -0.25) is 9.69 Å². The van der Waals surface area contributed by atoms with Crippen molar-refractivity contribution in [2.75, 3.05) is 31.1 Å². The van der Waals surface area contributed by atoms with Crippen molar-refractivity contribution in [1.82, 2.24) is 30.0 Å². The van der Waals surface area contributed by atoms with Crippen molar-refractivity contribution in [2.24, 2.45) is 7.05 Å². The van der Waals surface area contributed by atoms with Crippen LogP contribution in [0.2, 0.25) is 0 Å². The SMILES string of the molecule is CC(C(=O)NC1CC1)N1CCN(c2ncnc3c2c(Br)nn3C)CC1. The van der Waals surface area contributed by atoms with Gasteiger partial charge in [0.1, 0.15) is 16.7 Å². The number of nitrogens with zero attached hydrogens (tertiary/aromatic N) is 6. The minimum Gasteiger partial charge on any atom is -0.353 e. The van der Waals surface area contributed by atoms with Gasteiger partial charge in [-0.25, -0.2) is 14.6 Å². The van der Waals surface area contributed by atoms with Crippen LogP contribution in [0.25, 0.3) is 11.0 Å². The molecule has 4 rings (SSSR count). The van der Waals surface area contributed by atoms with Crippen LogP contribution >= 0.6 is 15.9 Å². The third-order valence-electron chi connectivity index (χ3n) is 5.02. The highest BCUT2D eigenvalue weighted by Crippen LogP contribution is 2.30. The Balaban J connectivity index is 1.46. The Kier molecular flexibility index (Phi) is 4.36. The van der Waals surface area contributed by atoms with E-state index in [2.05, 4.69) is 46.1 Å². The summed E-state index contributed by atoms with van der Waals surface area (Å²) >= 11 is 3.52. The quantitative estimate of drug-likeness (QED) is 0.811. The summed E-state index contributed by atoms with van der Waals surface area (Å²) in [7, 11) is 1.88. The van der Waals surface area contributed by atoms with Crippen molar-refractivity contribution in [3.63, 3.8) is 0 Å². The fourth-order valence-corrected chi connectivity index (χ4v) is 3.89. The van der Waals surface area contributed by atoms with Gasteiger partial charge in [-0.1, -0.05) is 0 Å². The standard InChI is InChI=1S/C16H22BrN7O/c1-10(16(25)20-11-3-4-11)23-5-7-24(8-6-23)15-12-13(17)21-22(2)14(12)18-9-19-15/h9-11H,3-8H2,1-2H3,(H,20,25). The third kappa shape index (κ3) is 3.22. The molecule has 0 spiro atoms. The van der Waals surface area contributed by atoms with E-state index in [1.807, 2.05) is 14.0 Å². The normalized spacial score (nSPS) is 20.0. The van der Waals surface area contributed by atoms with Gasteiger partial charge in [0.25, 0.3) is 0 Å². The van der Waals surface area contributed by atoms with Gasteiger partial charge in [0.05, 0.1) is 11.4 Å². The molecular weight excluding hydrogens is 386 g/mol. The van der Waals surface area contributed by atoms with Gasteiger partial charge in [-0.05, 0) is 35.7 Å². The Labute approximate surface area is 154 Å². The lowest BCUT2D eigenvalue weighted by molar-refractivity contribution is -0.126. The summed E-state index contributed by atoms with van der Waals surface area (Å²) in [6, 6.07) is 0.326. The van der Waals surface area contributed by atoms with Crippen molar-refractivity contribution >= 4 is 38.7 Å². The van der Waals surface area contributed by atoms with Gasteiger partial charge >= 0.3 is 0 Å². The number of hydrogen-bond donors (Lipinski definition) is 1. The Morgan fingerprint density at radius 2 is 2.00 bits per heavy atom. The molecule has 8 nitrogen and oxygen atoms in total. The summed E-state index contributed by atoms with van der Waals surface area (Å²) in [5.41, 5.74) is 0.816. The van der Waals surface area contributed by atoms with Crippen molar-refractivity contribution < 1.29 is 4.79 Å². The number of piperazine rings is 1. The lowest BCUT2D eigenvalue weighted by Gasteiger charge is -2.38. The number of aryl methyl sites for hydroxylation is 1. The highest BCUT2D eigenvalue weighted by Gasteiger charge is 2.30. The van der Waals surface area contributed by atoms with E-state index < -0.39 is 0 Å². The molecule has 3 heterocycles. The molecule has 1 unspecified atom stereocenters. The summed E-state index contributed by atoms with van der Waals surface area (Å²) < 4.78 is 2.52. The molecule has 25 heavy (non-hydrogen) atoms. The highest BCUT2D eigenvalue weighted by molar-refractivity contribution is 9.10. The number of carbonyl (C=O) groups is 1. The van der Waals surface area contributed by atoms with Gasteiger partial charge in [0.15, 0.2) is 5.65 Å². The Morgan fingerprint density at radius 3 is 2.68 bits per heavy atom. The number of hydrogen-bond acceptors (Lipinski definition) is 6. The first-order valence-electron chi connectivity index (χ1n) is 8.67. The average Bonchev–Trinajstić information content (AvgIpc) is 3.39. The molecule has 2 aromatic heterocycles. The lowest BCUT2D eigenvalue weighted by atomic mass is 10.2. The van der Waals surface area contributed by atoms with E-state index in [1.54, 1.807) is 11.0 Å². The molecule has 9 heteroatoms. The molecule has 1 amide bonds. The van der Waals surface area contributed by atoms with Gasteiger partial charge in [-0.15, -0.1) is 0 Å². The van der Waals surface area contributed by atoms with Crippen LogP contribution in [0.15, 0.2) is 10.9 Å². The summed E-state index contributed by atoms with van der Waals surface area (Å²) in [4.78, 5) is 25.6. The first-order valence-corrected chi connectivity index (χ1v) is 9.46. The molecule has 1 aliphatic carbocycles. The second-order valence-corrected chi connectivity index (χ2v) is 7.54. The summed E-state index contributed by atoms with van der Waals surface area (Å²) in [6.45, 7) is 5.32. The number of fused-ring (bicyclic) bond motifs is 1. The van der Waals surface area contributed by atoms with Crippen molar-refractivity contribution in [1.29, 1.82) is 0 Å². The van der Waals surface area contributed by atoms with Crippen LogP contribution in [0, 0.1) is 0 Å². The number of rotatable bonds is 4. The van der Waals surface area contributed by atoms with E-state index in [1.165, 1.54) is 0 Å². The molecule has 0 bridgehead atoms. The second kappa shape index (κ2) is 6.53. The average molecular weight is 408 g/mol. The molecule has 1 saturated carbocycles.